The zero-order valence-electron chi connectivity index (χ0n) is 14.0. The number of carbonyl (C=O) groups is 1. The molecule has 1 fully saturated rings. The molecule has 1 saturated carbocycles. The van der Waals surface area contributed by atoms with Crippen molar-refractivity contribution < 1.29 is 9.53 Å². The smallest absolute Gasteiger partial charge is 0.251 e. The maximum absolute atomic E-state index is 12.6. The van der Waals surface area contributed by atoms with Crippen molar-refractivity contribution in [2.45, 2.75) is 37.8 Å². The number of methoxy groups -OCH3 is 1. The molecule has 1 aromatic carbocycles. The maximum atomic E-state index is 12.6. The molecule has 1 N–H and O–H groups in total. The van der Waals surface area contributed by atoms with Crippen molar-refractivity contribution in [2.24, 2.45) is 7.05 Å². The molecular formula is C18H22BrN3O2. The van der Waals surface area contributed by atoms with Crippen molar-refractivity contribution in [3.05, 3.63) is 40.6 Å². The number of carbonyl (C=O) groups excluding carboxylic acids is 1. The van der Waals surface area contributed by atoms with Crippen molar-refractivity contribution in [3.8, 4) is 11.1 Å². The lowest BCUT2D eigenvalue weighted by atomic mass is 9.92. The predicted molar refractivity (Wildman–Crippen MR) is 96.9 cm³/mol. The van der Waals surface area contributed by atoms with E-state index in [1.165, 1.54) is 0 Å². The second-order valence-electron chi connectivity index (χ2n) is 6.31. The van der Waals surface area contributed by atoms with Crippen LogP contribution in [0.15, 0.2) is 35.1 Å². The number of benzene rings is 1. The molecule has 6 heteroatoms. The molecule has 24 heavy (non-hydrogen) atoms. The standard InChI is InChI=1S/C18H22BrN3O2/c1-22-11-14(10-20-22)12-7-13(9-15(19)8-12)18(23)21-16-3-5-17(24-2)6-4-16/h7-11,16-17H,3-6H2,1-2H3,(H,21,23). The number of aryl methyl sites for hydroxylation is 1. The normalized spacial score (nSPS) is 20.8. The second kappa shape index (κ2) is 7.49. The van der Waals surface area contributed by atoms with E-state index < -0.39 is 0 Å². The molecular weight excluding hydrogens is 370 g/mol. The Bertz CT molecular complexity index is 721. The first kappa shape index (κ1) is 17.2. The number of rotatable bonds is 4. The molecule has 0 bridgehead atoms. The van der Waals surface area contributed by atoms with Gasteiger partial charge in [-0.2, -0.15) is 5.10 Å². The van der Waals surface area contributed by atoms with E-state index in [4.69, 9.17) is 4.74 Å². The van der Waals surface area contributed by atoms with Crippen LogP contribution in [0.1, 0.15) is 36.0 Å². The van der Waals surface area contributed by atoms with Gasteiger partial charge in [0.15, 0.2) is 0 Å². The van der Waals surface area contributed by atoms with Gasteiger partial charge < -0.3 is 10.1 Å². The van der Waals surface area contributed by atoms with E-state index in [1.54, 1.807) is 18.0 Å². The van der Waals surface area contributed by atoms with Crippen molar-refractivity contribution in [2.75, 3.05) is 7.11 Å². The van der Waals surface area contributed by atoms with E-state index in [2.05, 4.69) is 26.3 Å². The van der Waals surface area contributed by atoms with Crippen molar-refractivity contribution in [3.63, 3.8) is 0 Å². The molecule has 0 saturated heterocycles. The Morgan fingerprint density at radius 1 is 1.25 bits per heavy atom. The Kier molecular flexibility index (Phi) is 5.36. The number of aromatic nitrogens is 2. The van der Waals surface area contributed by atoms with Gasteiger partial charge in [-0.25, -0.2) is 0 Å². The lowest BCUT2D eigenvalue weighted by molar-refractivity contribution is 0.0599. The van der Waals surface area contributed by atoms with E-state index >= 15 is 0 Å². The molecule has 0 unspecified atom stereocenters. The van der Waals surface area contributed by atoms with Crippen LogP contribution in [0.5, 0.6) is 0 Å². The highest BCUT2D eigenvalue weighted by molar-refractivity contribution is 9.10. The van der Waals surface area contributed by atoms with E-state index in [1.807, 2.05) is 31.4 Å². The van der Waals surface area contributed by atoms with Crippen LogP contribution in [0.3, 0.4) is 0 Å². The van der Waals surface area contributed by atoms with Gasteiger partial charge in [0.2, 0.25) is 0 Å². The van der Waals surface area contributed by atoms with Crippen molar-refractivity contribution >= 4 is 21.8 Å². The largest absolute Gasteiger partial charge is 0.381 e. The number of amides is 1. The average molecular weight is 392 g/mol. The summed E-state index contributed by atoms with van der Waals surface area (Å²) in [4.78, 5) is 12.6. The summed E-state index contributed by atoms with van der Waals surface area (Å²) in [5, 5.41) is 7.35. The van der Waals surface area contributed by atoms with Crippen LogP contribution in [0, 0.1) is 0 Å². The third kappa shape index (κ3) is 4.05. The number of nitrogens with zero attached hydrogens (tertiary/aromatic N) is 2. The van der Waals surface area contributed by atoms with E-state index in [0.717, 1.165) is 41.3 Å². The number of ether oxygens (including phenoxy) is 1. The second-order valence-corrected chi connectivity index (χ2v) is 7.23. The number of hydrogen-bond acceptors (Lipinski definition) is 3. The molecule has 0 atom stereocenters. The number of nitrogens with one attached hydrogen (secondary N) is 1. The lowest BCUT2D eigenvalue weighted by Crippen LogP contribution is -2.38. The fraction of sp³-hybridized carbons (Fsp3) is 0.444. The lowest BCUT2D eigenvalue weighted by Gasteiger charge is -2.28. The highest BCUT2D eigenvalue weighted by Gasteiger charge is 2.22. The molecule has 1 aromatic heterocycles. The predicted octanol–water partition coefficient (Wildman–Crippen LogP) is 3.54. The van der Waals surface area contributed by atoms with Gasteiger partial charge in [0.1, 0.15) is 0 Å². The average Bonchev–Trinajstić information content (AvgIpc) is 3.01. The Balaban J connectivity index is 1.72. The van der Waals surface area contributed by atoms with Gasteiger partial charge in [0.05, 0.1) is 12.3 Å². The number of halogens is 1. The molecule has 1 aliphatic carbocycles. The Morgan fingerprint density at radius 2 is 2.00 bits per heavy atom. The minimum Gasteiger partial charge on any atom is -0.381 e. The summed E-state index contributed by atoms with van der Waals surface area (Å²) in [7, 11) is 3.64. The molecule has 5 nitrogen and oxygen atoms in total. The van der Waals surface area contributed by atoms with Crippen LogP contribution < -0.4 is 5.32 Å². The fourth-order valence-electron chi connectivity index (χ4n) is 3.17. The van der Waals surface area contributed by atoms with Gasteiger partial charge in [0, 0.05) is 42.0 Å². The van der Waals surface area contributed by atoms with E-state index in [9.17, 15) is 4.79 Å². The topological polar surface area (TPSA) is 56.1 Å². The SMILES string of the molecule is COC1CCC(NC(=O)c2cc(Br)cc(-c3cnn(C)c3)c2)CC1. The molecule has 2 aromatic rings. The van der Waals surface area contributed by atoms with E-state index in [0.29, 0.717) is 11.7 Å². The molecule has 0 aliphatic heterocycles. The van der Waals surface area contributed by atoms with Crippen LogP contribution in [0.4, 0.5) is 0 Å². The first-order chi connectivity index (χ1) is 11.5. The molecule has 1 aliphatic rings. The summed E-state index contributed by atoms with van der Waals surface area (Å²) < 4.78 is 8.03. The summed E-state index contributed by atoms with van der Waals surface area (Å²) in [6.45, 7) is 0. The van der Waals surface area contributed by atoms with Gasteiger partial charge in [0.25, 0.3) is 5.91 Å². The monoisotopic (exact) mass is 391 g/mol. The molecule has 3 rings (SSSR count). The Hall–Kier alpha value is -1.66. The molecule has 128 valence electrons. The Labute approximate surface area is 150 Å². The summed E-state index contributed by atoms with van der Waals surface area (Å²) in [5.41, 5.74) is 2.64. The zero-order valence-corrected chi connectivity index (χ0v) is 15.5. The van der Waals surface area contributed by atoms with Crippen LogP contribution in [-0.4, -0.2) is 34.9 Å². The van der Waals surface area contributed by atoms with Gasteiger partial charge in [-0.1, -0.05) is 15.9 Å². The van der Waals surface area contributed by atoms with E-state index in [-0.39, 0.29) is 11.9 Å². The fourth-order valence-corrected chi connectivity index (χ4v) is 3.66. The Morgan fingerprint density at radius 3 is 2.62 bits per heavy atom. The first-order valence-corrected chi connectivity index (χ1v) is 8.97. The van der Waals surface area contributed by atoms with Crippen molar-refractivity contribution in [1.82, 2.24) is 15.1 Å². The summed E-state index contributed by atoms with van der Waals surface area (Å²) in [6, 6.07) is 6.00. The highest BCUT2D eigenvalue weighted by Crippen LogP contribution is 2.26. The maximum Gasteiger partial charge on any atom is 0.251 e. The van der Waals surface area contributed by atoms with Crippen LogP contribution in [-0.2, 0) is 11.8 Å². The van der Waals surface area contributed by atoms with Gasteiger partial charge in [-0.05, 0) is 49.4 Å². The molecule has 1 heterocycles. The third-order valence-electron chi connectivity index (χ3n) is 4.54. The molecule has 0 spiro atoms. The zero-order chi connectivity index (χ0) is 17.1. The third-order valence-corrected chi connectivity index (χ3v) is 5.00. The first-order valence-electron chi connectivity index (χ1n) is 8.18. The van der Waals surface area contributed by atoms with Crippen LogP contribution in [0.2, 0.25) is 0 Å². The molecule has 1 amide bonds. The number of hydrogen-bond donors (Lipinski definition) is 1. The van der Waals surface area contributed by atoms with Gasteiger partial charge in [-0.15, -0.1) is 0 Å². The van der Waals surface area contributed by atoms with Crippen LogP contribution in [0.25, 0.3) is 11.1 Å². The highest BCUT2D eigenvalue weighted by atomic mass is 79.9. The van der Waals surface area contributed by atoms with Crippen LogP contribution >= 0.6 is 15.9 Å². The van der Waals surface area contributed by atoms with Gasteiger partial charge >= 0.3 is 0 Å². The molecule has 0 radical (unpaired) electrons. The van der Waals surface area contributed by atoms with Gasteiger partial charge in [-0.3, -0.25) is 9.48 Å². The summed E-state index contributed by atoms with van der Waals surface area (Å²) in [6.07, 6.45) is 8.01. The summed E-state index contributed by atoms with van der Waals surface area (Å²) in [5.74, 6) is -0.0256. The minimum atomic E-state index is -0.0256. The minimum absolute atomic E-state index is 0.0256. The summed E-state index contributed by atoms with van der Waals surface area (Å²) >= 11 is 3.50. The van der Waals surface area contributed by atoms with Crippen molar-refractivity contribution in [1.29, 1.82) is 0 Å². The quantitative estimate of drug-likeness (QED) is 0.866.